The highest BCUT2D eigenvalue weighted by Crippen LogP contribution is 2.18. The van der Waals surface area contributed by atoms with Crippen LogP contribution in [-0.2, 0) is 0 Å². The summed E-state index contributed by atoms with van der Waals surface area (Å²) in [5.74, 6) is 0.0356. The molecule has 0 atom stereocenters. The molecule has 0 spiro atoms. The molecule has 1 rings (SSSR count). The molecule has 0 radical (unpaired) electrons. The van der Waals surface area contributed by atoms with Crippen molar-refractivity contribution in [1.29, 1.82) is 0 Å². The zero-order chi connectivity index (χ0) is 13.0. The highest BCUT2D eigenvalue weighted by molar-refractivity contribution is 5.97. The lowest BCUT2D eigenvalue weighted by atomic mass is 9.99. The van der Waals surface area contributed by atoms with Crippen LogP contribution in [-0.4, -0.2) is 36.1 Å². The lowest BCUT2D eigenvalue weighted by Crippen LogP contribution is -2.29. The van der Waals surface area contributed by atoms with Crippen molar-refractivity contribution in [2.24, 2.45) is 0 Å². The van der Waals surface area contributed by atoms with Gasteiger partial charge in [-0.05, 0) is 38.3 Å². The van der Waals surface area contributed by atoms with Crippen molar-refractivity contribution in [3.63, 3.8) is 0 Å². The summed E-state index contributed by atoms with van der Waals surface area (Å²) in [5, 5.41) is 8.78. The molecule has 94 valence electrons. The Hall–Kier alpha value is -1.35. The van der Waals surface area contributed by atoms with Crippen LogP contribution in [0.25, 0.3) is 0 Å². The first-order valence-corrected chi connectivity index (χ1v) is 5.91. The Morgan fingerprint density at radius 3 is 2.24 bits per heavy atom. The zero-order valence-corrected chi connectivity index (χ0v) is 11.1. The molecule has 0 fully saturated rings. The van der Waals surface area contributed by atoms with Gasteiger partial charge in [-0.1, -0.05) is 17.7 Å². The van der Waals surface area contributed by atoms with Crippen LogP contribution in [0.5, 0.6) is 0 Å². The first-order valence-electron chi connectivity index (χ1n) is 5.91. The number of amides is 1. The Morgan fingerprint density at radius 2 is 1.76 bits per heavy atom. The minimum atomic E-state index is 0.0356. The molecule has 0 saturated carbocycles. The van der Waals surface area contributed by atoms with Gasteiger partial charge in [-0.15, -0.1) is 0 Å². The third kappa shape index (κ3) is 3.30. The molecule has 0 heterocycles. The number of carbonyl (C=O) groups is 1. The highest BCUT2D eigenvalue weighted by Gasteiger charge is 2.16. The molecule has 3 heteroatoms. The molecule has 1 aromatic rings. The van der Waals surface area contributed by atoms with Gasteiger partial charge in [-0.2, -0.15) is 0 Å². The van der Waals surface area contributed by atoms with Gasteiger partial charge < -0.3 is 10.0 Å². The maximum atomic E-state index is 12.2. The SMILES string of the molecule is Cc1cc(C)c(C(=O)N(C)CCCO)c(C)c1. The van der Waals surface area contributed by atoms with Crippen LogP contribution in [0.15, 0.2) is 12.1 Å². The summed E-state index contributed by atoms with van der Waals surface area (Å²) in [5.41, 5.74) is 4.00. The Morgan fingerprint density at radius 1 is 1.24 bits per heavy atom. The molecule has 1 N–H and O–H groups in total. The number of hydrogen-bond acceptors (Lipinski definition) is 2. The fourth-order valence-electron chi connectivity index (χ4n) is 2.12. The lowest BCUT2D eigenvalue weighted by Gasteiger charge is -2.19. The average molecular weight is 235 g/mol. The van der Waals surface area contributed by atoms with Crippen LogP contribution >= 0.6 is 0 Å². The van der Waals surface area contributed by atoms with Crippen LogP contribution in [0, 0.1) is 20.8 Å². The van der Waals surface area contributed by atoms with E-state index in [-0.39, 0.29) is 12.5 Å². The summed E-state index contributed by atoms with van der Waals surface area (Å²) >= 11 is 0. The summed E-state index contributed by atoms with van der Waals surface area (Å²) in [6, 6.07) is 4.06. The molecule has 1 aromatic carbocycles. The Kier molecular flexibility index (Phi) is 4.70. The predicted molar refractivity (Wildman–Crippen MR) is 69.3 cm³/mol. The molecule has 0 saturated heterocycles. The van der Waals surface area contributed by atoms with Crippen LogP contribution < -0.4 is 0 Å². The average Bonchev–Trinajstić information content (AvgIpc) is 2.24. The molecule has 17 heavy (non-hydrogen) atoms. The van der Waals surface area contributed by atoms with E-state index < -0.39 is 0 Å². The number of benzene rings is 1. The summed E-state index contributed by atoms with van der Waals surface area (Å²) in [7, 11) is 1.77. The first kappa shape index (κ1) is 13.7. The minimum Gasteiger partial charge on any atom is -0.396 e. The van der Waals surface area contributed by atoms with E-state index in [1.807, 2.05) is 32.9 Å². The van der Waals surface area contributed by atoms with Crippen molar-refractivity contribution in [2.75, 3.05) is 20.2 Å². The van der Waals surface area contributed by atoms with E-state index in [2.05, 4.69) is 0 Å². The first-order chi connectivity index (χ1) is 7.97. The number of nitrogens with zero attached hydrogens (tertiary/aromatic N) is 1. The second-order valence-electron chi connectivity index (χ2n) is 4.58. The Balaban J connectivity index is 2.96. The Bertz CT molecular complexity index is 390. The van der Waals surface area contributed by atoms with Gasteiger partial charge in [-0.25, -0.2) is 0 Å². The number of rotatable bonds is 4. The van der Waals surface area contributed by atoms with Crippen molar-refractivity contribution in [3.8, 4) is 0 Å². The van der Waals surface area contributed by atoms with E-state index in [9.17, 15) is 4.79 Å². The molecule has 0 bridgehead atoms. The third-order valence-corrected chi connectivity index (χ3v) is 2.89. The molecule has 3 nitrogen and oxygen atoms in total. The molecular formula is C14H21NO2. The molecule has 0 aromatic heterocycles. The van der Waals surface area contributed by atoms with Crippen LogP contribution in [0.1, 0.15) is 33.5 Å². The van der Waals surface area contributed by atoms with E-state index in [4.69, 9.17) is 5.11 Å². The van der Waals surface area contributed by atoms with E-state index in [0.717, 1.165) is 16.7 Å². The van der Waals surface area contributed by atoms with Gasteiger partial charge >= 0.3 is 0 Å². The van der Waals surface area contributed by atoms with E-state index in [1.54, 1.807) is 11.9 Å². The largest absolute Gasteiger partial charge is 0.396 e. The van der Waals surface area contributed by atoms with Crippen molar-refractivity contribution in [2.45, 2.75) is 27.2 Å². The quantitative estimate of drug-likeness (QED) is 0.868. The molecule has 0 unspecified atom stereocenters. The topological polar surface area (TPSA) is 40.5 Å². The van der Waals surface area contributed by atoms with Crippen molar-refractivity contribution < 1.29 is 9.90 Å². The lowest BCUT2D eigenvalue weighted by molar-refractivity contribution is 0.0785. The molecular weight excluding hydrogens is 214 g/mol. The second-order valence-corrected chi connectivity index (χ2v) is 4.58. The normalized spacial score (nSPS) is 10.4. The fraction of sp³-hybridized carbons (Fsp3) is 0.500. The summed E-state index contributed by atoms with van der Waals surface area (Å²) in [4.78, 5) is 13.9. The predicted octanol–water partition coefficient (Wildman–Crippen LogP) is 2.07. The third-order valence-electron chi connectivity index (χ3n) is 2.89. The van der Waals surface area contributed by atoms with E-state index in [1.165, 1.54) is 5.56 Å². The van der Waals surface area contributed by atoms with Crippen LogP contribution in [0.3, 0.4) is 0 Å². The highest BCUT2D eigenvalue weighted by atomic mass is 16.3. The summed E-state index contributed by atoms with van der Waals surface area (Å²) < 4.78 is 0. The Labute approximate surface area is 103 Å². The standard InChI is InChI=1S/C14H21NO2/c1-10-8-11(2)13(12(3)9-10)14(17)15(4)6-5-7-16/h8-9,16H,5-7H2,1-4H3. The molecule has 0 aliphatic heterocycles. The number of aliphatic hydroxyl groups excluding tert-OH is 1. The van der Waals surface area contributed by atoms with Gasteiger partial charge in [0.15, 0.2) is 0 Å². The van der Waals surface area contributed by atoms with Gasteiger partial charge in [0.25, 0.3) is 5.91 Å². The van der Waals surface area contributed by atoms with Crippen molar-refractivity contribution in [1.82, 2.24) is 4.90 Å². The molecule has 0 aliphatic carbocycles. The van der Waals surface area contributed by atoms with Gasteiger partial charge in [-0.3, -0.25) is 4.79 Å². The summed E-state index contributed by atoms with van der Waals surface area (Å²) in [6.45, 7) is 6.66. The van der Waals surface area contributed by atoms with Crippen molar-refractivity contribution >= 4 is 5.91 Å². The number of carbonyl (C=O) groups excluding carboxylic acids is 1. The minimum absolute atomic E-state index is 0.0356. The number of aryl methyl sites for hydroxylation is 3. The summed E-state index contributed by atoms with van der Waals surface area (Å²) in [6.07, 6.45) is 0.617. The van der Waals surface area contributed by atoms with Crippen LogP contribution in [0.2, 0.25) is 0 Å². The van der Waals surface area contributed by atoms with Gasteiger partial charge in [0.05, 0.1) is 0 Å². The van der Waals surface area contributed by atoms with Crippen molar-refractivity contribution in [3.05, 3.63) is 34.4 Å². The molecule has 1 amide bonds. The van der Waals surface area contributed by atoms with Gasteiger partial charge in [0.2, 0.25) is 0 Å². The molecule has 0 aliphatic rings. The maximum Gasteiger partial charge on any atom is 0.254 e. The number of hydrogen-bond donors (Lipinski definition) is 1. The monoisotopic (exact) mass is 235 g/mol. The van der Waals surface area contributed by atoms with Gasteiger partial charge in [0.1, 0.15) is 0 Å². The van der Waals surface area contributed by atoms with Crippen LogP contribution in [0.4, 0.5) is 0 Å². The zero-order valence-electron chi connectivity index (χ0n) is 11.1. The van der Waals surface area contributed by atoms with E-state index in [0.29, 0.717) is 13.0 Å². The fourth-order valence-corrected chi connectivity index (χ4v) is 2.12. The smallest absolute Gasteiger partial charge is 0.254 e. The van der Waals surface area contributed by atoms with E-state index >= 15 is 0 Å². The maximum absolute atomic E-state index is 12.2. The van der Waals surface area contributed by atoms with Gasteiger partial charge in [0, 0.05) is 25.8 Å². The second kappa shape index (κ2) is 5.82. The number of aliphatic hydroxyl groups is 1.